The van der Waals surface area contributed by atoms with Crippen molar-refractivity contribution >= 4 is 11.8 Å². The van der Waals surface area contributed by atoms with E-state index in [1.54, 1.807) is 0 Å². The predicted octanol–water partition coefficient (Wildman–Crippen LogP) is 2.05. The molecule has 0 radical (unpaired) electrons. The first-order chi connectivity index (χ1) is 9.65. The van der Waals surface area contributed by atoms with Gasteiger partial charge in [0, 0.05) is 44.5 Å². The number of hydrogen-bond acceptors (Lipinski definition) is 4. The second-order valence-corrected chi connectivity index (χ2v) is 8.39. The molecule has 0 aromatic heterocycles. The Morgan fingerprint density at radius 3 is 2.40 bits per heavy atom. The molecule has 4 heteroatoms. The summed E-state index contributed by atoms with van der Waals surface area (Å²) < 4.78 is 0. The average Bonchev–Trinajstić information content (AvgIpc) is 2.97. The molecule has 2 saturated heterocycles. The highest BCUT2D eigenvalue weighted by Gasteiger charge is 2.35. The summed E-state index contributed by atoms with van der Waals surface area (Å²) in [7, 11) is 0. The van der Waals surface area contributed by atoms with Crippen LogP contribution in [0, 0.1) is 5.92 Å². The van der Waals surface area contributed by atoms with E-state index in [-0.39, 0.29) is 0 Å². The number of hydrogen-bond donors (Lipinski definition) is 1. The van der Waals surface area contributed by atoms with Crippen molar-refractivity contribution in [3.05, 3.63) is 0 Å². The first kappa shape index (κ1) is 15.1. The number of aliphatic hydroxyl groups is 1. The standard InChI is InChI=1S/C16H30N2OS/c1-14-2-5-16(19,6-3-14)13-17-7-9-18(10-8-17)15-4-11-20-12-15/h14-15,19H,2-13H2,1H3/t14?,15-,16?/m1/s1. The number of rotatable bonds is 3. The van der Waals surface area contributed by atoms with Crippen LogP contribution < -0.4 is 0 Å². The Kier molecular flexibility index (Phi) is 4.96. The van der Waals surface area contributed by atoms with Gasteiger partial charge >= 0.3 is 0 Å². The van der Waals surface area contributed by atoms with Crippen LogP contribution in [0.25, 0.3) is 0 Å². The molecule has 3 rings (SSSR count). The fourth-order valence-electron chi connectivity index (χ4n) is 3.97. The van der Waals surface area contributed by atoms with Crippen molar-refractivity contribution in [3.8, 4) is 0 Å². The highest BCUT2D eigenvalue weighted by atomic mass is 32.2. The molecule has 3 fully saturated rings. The molecule has 20 heavy (non-hydrogen) atoms. The molecule has 0 bridgehead atoms. The molecule has 3 aliphatic rings. The van der Waals surface area contributed by atoms with Crippen LogP contribution in [0.4, 0.5) is 0 Å². The lowest BCUT2D eigenvalue weighted by Gasteiger charge is -2.43. The number of β-amino-alcohol motifs (C(OH)–C–C–N with tert-alkyl or cyclic N) is 1. The van der Waals surface area contributed by atoms with E-state index >= 15 is 0 Å². The lowest BCUT2D eigenvalue weighted by Crippen LogP contribution is -2.54. The minimum Gasteiger partial charge on any atom is -0.389 e. The zero-order valence-electron chi connectivity index (χ0n) is 12.9. The summed E-state index contributed by atoms with van der Waals surface area (Å²) in [5, 5.41) is 10.8. The maximum Gasteiger partial charge on any atom is 0.0774 e. The summed E-state index contributed by atoms with van der Waals surface area (Å²) in [4.78, 5) is 5.19. The molecule has 0 amide bonds. The Balaban J connectivity index is 1.44. The van der Waals surface area contributed by atoms with E-state index in [2.05, 4.69) is 28.5 Å². The molecule has 2 aliphatic heterocycles. The van der Waals surface area contributed by atoms with Crippen LogP contribution in [0.3, 0.4) is 0 Å². The molecular weight excluding hydrogens is 268 g/mol. The Bertz CT molecular complexity index is 304. The average molecular weight is 298 g/mol. The van der Waals surface area contributed by atoms with Gasteiger partial charge in [-0.2, -0.15) is 11.8 Å². The van der Waals surface area contributed by atoms with Gasteiger partial charge in [0.1, 0.15) is 0 Å². The first-order valence-electron chi connectivity index (χ1n) is 8.41. The topological polar surface area (TPSA) is 26.7 Å². The van der Waals surface area contributed by atoms with E-state index in [0.29, 0.717) is 0 Å². The Morgan fingerprint density at radius 2 is 1.80 bits per heavy atom. The number of thioether (sulfide) groups is 1. The van der Waals surface area contributed by atoms with Gasteiger partial charge in [-0.25, -0.2) is 0 Å². The van der Waals surface area contributed by atoms with E-state index in [0.717, 1.165) is 44.4 Å². The molecule has 3 nitrogen and oxygen atoms in total. The minimum atomic E-state index is -0.391. The van der Waals surface area contributed by atoms with Crippen LogP contribution in [0.15, 0.2) is 0 Å². The molecule has 2 heterocycles. The summed E-state index contributed by atoms with van der Waals surface area (Å²) >= 11 is 2.11. The Morgan fingerprint density at radius 1 is 1.10 bits per heavy atom. The highest BCUT2D eigenvalue weighted by Crippen LogP contribution is 2.32. The fourth-order valence-corrected chi connectivity index (χ4v) is 5.23. The molecule has 0 unspecified atom stereocenters. The van der Waals surface area contributed by atoms with Crippen molar-refractivity contribution in [2.24, 2.45) is 5.92 Å². The van der Waals surface area contributed by atoms with Gasteiger partial charge in [0.25, 0.3) is 0 Å². The largest absolute Gasteiger partial charge is 0.389 e. The van der Waals surface area contributed by atoms with Crippen molar-refractivity contribution in [2.75, 3.05) is 44.2 Å². The zero-order chi connectivity index (χ0) is 14.0. The summed E-state index contributed by atoms with van der Waals surface area (Å²) in [6, 6.07) is 0.834. The van der Waals surface area contributed by atoms with Crippen molar-refractivity contribution < 1.29 is 5.11 Å². The van der Waals surface area contributed by atoms with Gasteiger partial charge in [-0.05, 0) is 43.8 Å². The van der Waals surface area contributed by atoms with Crippen molar-refractivity contribution in [1.29, 1.82) is 0 Å². The number of nitrogens with zero attached hydrogens (tertiary/aromatic N) is 2. The van der Waals surface area contributed by atoms with Gasteiger partial charge in [-0.15, -0.1) is 0 Å². The molecule has 1 saturated carbocycles. The molecule has 1 atom stereocenters. The van der Waals surface area contributed by atoms with Gasteiger partial charge in [-0.1, -0.05) is 6.92 Å². The maximum atomic E-state index is 10.8. The SMILES string of the molecule is CC1CCC(O)(CN2CCN([C@@H]3CCSC3)CC2)CC1. The van der Waals surface area contributed by atoms with Crippen LogP contribution in [-0.4, -0.2) is 70.8 Å². The van der Waals surface area contributed by atoms with Crippen molar-refractivity contribution in [2.45, 2.75) is 50.7 Å². The van der Waals surface area contributed by atoms with Crippen molar-refractivity contribution in [3.63, 3.8) is 0 Å². The van der Waals surface area contributed by atoms with E-state index in [9.17, 15) is 5.11 Å². The van der Waals surface area contributed by atoms with Gasteiger partial charge in [0.05, 0.1) is 5.60 Å². The summed E-state index contributed by atoms with van der Waals surface area (Å²) in [5.74, 6) is 3.50. The van der Waals surface area contributed by atoms with Gasteiger partial charge in [0.2, 0.25) is 0 Å². The van der Waals surface area contributed by atoms with Crippen molar-refractivity contribution in [1.82, 2.24) is 9.80 Å². The lowest BCUT2D eigenvalue weighted by molar-refractivity contribution is -0.0451. The summed E-state index contributed by atoms with van der Waals surface area (Å²) in [6.45, 7) is 7.94. The lowest BCUT2D eigenvalue weighted by atomic mass is 9.79. The molecule has 1 aliphatic carbocycles. The normalized spacial score (nSPS) is 41.1. The Labute approximate surface area is 128 Å². The van der Waals surface area contributed by atoms with E-state index in [4.69, 9.17) is 0 Å². The maximum absolute atomic E-state index is 10.8. The molecule has 0 aromatic carbocycles. The molecule has 1 N–H and O–H groups in total. The summed E-state index contributed by atoms with van der Waals surface area (Å²) in [6.07, 6.45) is 5.80. The van der Waals surface area contributed by atoms with Crippen LogP contribution in [-0.2, 0) is 0 Å². The molecular formula is C16H30N2OS. The second kappa shape index (κ2) is 6.55. The highest BCUT2D eigenvalue weighted by molar-refractivity contribution is 7.99. The summed E-state index contributed by atoms with van der Waals surface area (Å²) in [5.41, 5.74) is -0.391. The monoisotopic (exact) mass is 298 g/mol. The third-order valence-corrected chi connectivity index (χ3v) is 6.70. The van der Waals surface area contributed by atoms with E-state index in [1.807, 2.05) is 0 Å². The quantitative estimate of drug-likeness (QED) is 0.863. The molecule has 0 aromatic rings. The van der Waals surface area contributed by atoms with E-state index < -0.39 is 5.60 Å². The molecule has 116 valence electrons. The van der Waals surface area contributed by atoms with Gasteiger partial charge < -0.3 is 5.11 Å². The van der Waals surface area contributed by atoms with E-state index in [1.165, 1.54) is 43.9 Å². The number of piperazine rings is 1. The van der Waals surface area contributed by atoms with Crippen LogP contribution in [0.5, 0.6) is 0 Å². The van der Waals surface area contributed by atoms with Gasteiger partial charge in [0.15, 0.2) is 0 Å². The van der Waals surface area contributed by atoms with Crippen LogP contribution >= 0.6 is 11.8 Å². The zero-order valence-corrected chi connectivity index (χ0v) is 13.7. The second-order valence-electron chi connectivity index (χ2n) is 7.24. The predicted molar refractivity (Wildman–Crippen MR) is 86.3 cm³/mol. The third kappa shape index (κ3) is 3.70. The van der Waals surface area contributed by atoms with Gasteiger partial charge in [-0.3, -0.25) is 9.80 Å². The van der Waals surface area contributed by atoms with Crippen LogP contribution in [0.1, 0.15) is 39.0 Å². The minimum absolute atomic E-state index is 0.391. The fraction of sp³-hybridized carbons (Fsp3) is 1.00. The van der Waals surface area contributed by atoms with Crippen LogP contribution in [0.2, 0.25) is 0 Å². The first-order valence-corrected chi connectivity index (χ1v) is 9.57. The molecule has 0 spiro atoms. The smallest absolute Gasteiger partial charge is 0.0774 e. The third-order valence-electron chi connectivity index (χ3n) is 5.55. The Hall–Kier alpha value is 0.230.